The van der Waals surface area contributed by atoms with E-state index in [4.69, 9.17) is 9.90 Å². The van der Waals surface area contributed by atoms with Crippen molar-refractivity contribution in [2.75, 3.05) is 17.3 Å². The first-order valence-corrected chi connectivity index (χ1v) is 5.94. The Balaban J connectivity index is 0. The first-order valence-electron chi connectivity index (χ1n) is 4.21. The number of alkyl halides is 3. The van der Waals surface area contributed by atoms with Gasteiger partial charge < -0.3 is 9.90 Å². The minimum absolute atomic E-state index is 0.755. The Labute approximate surface area is 84.8 Å². The van der Waals surface area contributed by atoms with E-state index < -0.39 is 12.1 Å². The molecule has 0 aliphatic rings. The third-order valence-corrected chi connectivity index (χ3v) is 3.91. The first kappa shape index (κ1) is 16.1. The smallest absolute Gasteiger partial charge is 0.430 e. The van der Waals surface area contributed by atoms with Gasteiger partial charge in [0.2, 0.25) is 0 Å². The summed E-state index contributed by atoms with van der Waals surface area (Å²) in [6, 6.07) is 0. The average Bonchev–Trinajstić information content (AvgIpc) is 2.07. The van der Waals surface area contributed by atoms with Gasteiger partial charge in [-0.05, 0) is 31.7 Å². The fourth-order valence-electron chi connectivity index (χ4n) is 0.612. The van der Waals surface area contributed by atoms with Gasteiger partial charge in [-0.1, -0.05) is 0 Å². The number of hydrogen-bond donors (Lipinski definition) is 0. The zero-order valence-electron chi connectivity index (χ0n) is 8.48. The third-order valence-electron chi connectivity index (χ3n) is 1.46. The van der Waals surface area contributed by atoms with Crippen molar-refractivity contribution in [3.8, 4) is 0 Å². The summed E-state index contributed by atoms with van der Waals surface area (Å²) in [4.78, 5) is 8.78. The summed E-state index contributed by atoms with van der Waals surface area (Å²) in [5.74, 6) is 1.14. The van der Waals surface area contributed by atoms with E-state index in [1.54, 1.807) is 0 Å². The highest BCUT2D eigenvalue weighted by Gasteiger charge is 2.28. The zero-order chi connectivity index (χ0) is 11.8. The van der Waals surface area contributed by atoms with E-state index >= 15 is 0 Å². The third kappa shape index (κ3) is 9.70. The second-order valence-electron chi connectivity index (χ2n) is 2.26. The number of rotatable bonds is 3. The van der Waals surface area contributed by atoms with Crippen molar-refractivity contribution in [3.63, 3.8) is 0 Å². The van der Waals surface area contributed by atoms with Gasteiger partial charge in [-0.25, -0.2) is 0 Å². The minimum Gasteiger partial charge on any atom is -0.542 e. The molecule has 0 aromatic heterocycles. The van der Waals surface area contributed by atoms with Crippen LogP contribution in [0.15, 0.2) is 0 Å². The molecule has 14 heavy (non-hydrogen) atoms. The fraction of sp³-hybridized carbons (Fsp3) is 0.875. The molecule has 0 aliphatic heterocycles. The molecular formula is C8H15F3O2S. The quantitative estimate of drug-likeness (QED) is 0.680. The number of aliphatic carboxylic acids is 1. The van der Waals surface area contributed by atoms with E-state index in [2.05, 4.69) is 20.8 Å². The van der Waals surface area contributed by atoms with Crippen molar-refractivity contribution in [1.82, 2.24) is 0 Å². The Morgan fingerprint density at radius 2 is 1.36 bits per heavy atom. The molecule has 0 aromatic rings. The Hall–Kier alpha value is -0.390. The van der Waals surface area contributed by atoms with Crippen molar-refractivity contribution in [3.05, 3.63) is 0 Å². The van der Waals surface area contributed by atoms with Gasteiger partial charge in [0.1, 0.15) is 23.2 Å². The molecule has 0 amide bonds. The van der Waals surface area contributed by atoms with E-state index in [0.29, 0.717) is 0 Å². The summed E-state index contributed by atoms with van der Waals surface area (Å²) in [6.45, 7) is 6.82. The van der Waals surface area contributed by atoms with Crippen LogP contribution in [0.1, 0.15) is 20.8 Å². The highest BCUT2D eigenvalue weighted by atomic mass is 32.2. The molecule has 0 aromatic carbocycles. The van der Waals surface area contributed by atoms with Gasteiger partial charge in [0, 0.05) is 0 Å². The molecule has 0 saturated carbocycles. The van der Waals surface area contributed by atoms with Gasteiger partial charge in [0.15, 0.2) is 0 Å². The van der Waals surface area contributed by atoms with Crippen molar-refractivity contribution in [2.45, 2.75) is 26.9 Å². The Morgan fingerprint density at radius 3 is 1.36 bits per heavy atom. The van der Waals surface area contributed by atoms with Crippen LogP contribution < -0.4 is 5.11 Å². The van der Waals surface area contributed by atoms with E-state index in [0.717, 1.165) is 10.9 Å². The molecule has 0 N–H and O–H groups in total. The second kappa shape index (κ2) is 7.96. The van der Waals surface area contributed by atoms with Gasteiger partial charge in [-0.15, -0.1) is 0 Å². The Kier molecular flexibility index (Phi) is 9.13. The standard InChI is InChI=1S/C6H15S.C2HF3O2/c1-4-7(5-2)6-3;3-2(4,5)1(6)7/h4-6H2,1-3H3;(H,6,7)/q+1;/p-1. The monoisotopic (exact) mass is 232 g/mol. The van der Waals surface area contributed by atoms with Crippen LogP contribution in [0, 0.1) is 0 Å². The van der Waals surface area contributed by atoms with Crippen molar-refractivity contribution >= 4 is 16.9 Å². The predicted octanol–water partition coefficient (Wildman–Crippen LogP) is 0.963. The topological polar surface area (TPSA) is 40.1 Å². The highest BCUT2D eigenvalue weighted by Crippen LogP contribution is 2.11. The lowest BCUT2D eigenvalue weighted by Gasteiger charge is -2.03. The molecule has 0 rings (SSSR count). The summed E-state index contributed by atoms with van der Waals surface area (Å²) in [7, 11) is 0.755. The maximum Gasteiger partial charge on any atom is 0.430 e. The predicted molar refractivity (Wildman–Crippen MR) is 50.1 cm³/mol. The molecule has 0 radical (unpaired) electrons. The van der Waals surface area contributed by atoms with Crippen LogP contribution in [0.4, 0.5) is 13.2 Å². The number of carboxylic acid groups (broad SMARTS) is 1. The lowest BCUT2D eigenvalue weighted by molar-refractivity contribution is -0.344. The molecule has 0 saturated heterocycles. The number of halogens is 3. The summed E-state index contributed by atoms with van der Waals surface area (Å²) in [6.07, 6.45) is -5.19. The highest BCUT2D eigenvalue weighted by molar-refractivity contribution is 7.96. The molecule has 6 heteroatoms. The van der Waals surface area contributed by atoms with E-state index in [9.17, 15) is 13.2 Å². The normalized spacial score (nSPS) is 10.8. The zero-order valence-corrected chi connectivity index (χ0v) is 9.30. The first-order chi connectivity index (χ1) is 6.29. The van der Waals surface area contributed by atoms with Crippen LogP contribution >= 0.6 is 0 Å². The molecule has 2 nitrogen and oxygen atoms in total. The number of carboxylic acids is 1. The molecule has 0 atom stereocenters. The lowest BCUT2D eigenvalue weighted by atomic mass is 10.7. The average molecular weight is 232 g/mol. The largest absolute Gasteiger partial charge is 0.542 e. The van der Waals surface area contributed by atoms with Crippen molar-refractivity contribution < 1.29 is 23.1 Å². The lowest BCUT2D eigenvalue weighted by Crippen LogP contribution is -2.37. The molecule has 0 fully saturated rings. The maximum atomic E-state index is 10.5. The fourth-order valence-corrected chi connectivity index (χ4v) is 1.84. The summed E-state index contributed by atoms with van der Waals surface area (Å²) >= 11 is 0. The minimum atomic E-state index is -5.19. The molecular weight excluding hydrogens is 217 g/mol. The maximum absolute atomic E-state index is 10.5. The van der Waals surface area contributed by atoms with Crippen molar-refractivity contribution in [1.29, 1.82) is 0 Å². The molecule has 0 spiro atoms. The van der Waals surface area contributed by atoms with Gasteiger partial charge in [-0.2, -0.15) is 13.2 Å². The number of hydrogen-bond acceptors (Lipinski definition) is 2. The van der Waals surface area contributed by atoms with E-state index in [-0.39, 0.29) is 0 Å². The van der Waals surface area contributed by atoms with Gasteiger partial charge in [0.25, 0.3) is 0 Å². The van der Waals surface area contributed by atoms with Gasteiger partial charge in [-0.3, -0.25) is 0 Å². The second-order valence-corrected chi connectivity index (χ2v) is 5.22. The molecule has 86 valence electrons. The van der Waals surface area contributed by atoms with E-state index in [1.807, 2.05) is 0 Å². The number of carbonyl (C=O) groups is 1. The van der Waals surface area contributed by atoms with Gasteiger partial charge >= 0.3 is 6.18 Å². The summed E-state index contributed by atoms with van der Waals surface area (Å²) in [5.41, 5.74) is 0. The van der Waals surface area contributed by atoms with Crippen LogP contribution in [-0.4, -0.2) is 29.4 Å². The molecule has 0 heterocycles. The van der Waals surface area contributed by atoms with Crippen LogP contribution in [0.5, 0.6) is 0 Å². The Bertz CT molecular complexity index is 150. The molecule has 0 bridgehead atoms. The summed E-state index contributed by atoms with van der Waals surface area (Å²) in [5, 5.41) is 8.78. The van der Waals surface area contributed by atoms with Gasteiger partial charge in [0.05, 0.1) is 0 Å². The number of carbonyl (C=O) groups excluding carboxylic acids is 1. The van der Waals surface area contributed by atoms with Crippen LogP contribution in [0.3, 0.4) is 0 Å². The molecule has 0 aliphatic carbocycles. The van der Waals surface area contributed by atoms with E-state index in [1.165, 1.54) is 17.3 Å². The Morgan fingerprint density at radius 1 is 1.14 bits per heavy atom. The summed E-state index contributed by atoms with van der Waals surface area (Å²) < 4.78 is 31.5. The van der Waals surface area contributed by atoms with Crippen LogP contribution in [-0.2, 0) is 15.7 Å². The molecule has 0 unspecified atom stereocenters. The van der Waals surface area contributed by atoms with Crippen LogP contribution in [0.25, 0.3) is 0 Å². The van der Waals surface area contributed by atoms with Crippen LogP contribution in [0.2, 0.25) is 0 Å². The van der Waals surface area contributed by atoms with Crippen molar-refractivity contribution in [2.24, 2.45) is 0 Å². The SMILES string of the molecule is CC[S+](CC)CC.O=C([O-])C(F)(F)F.